The number of alkyl halides is 3. The molecule has 4 rings (SSSR count). The monoisotopic (exact) mass is 395 g/mol. The van der Waals surface area contributed by atoms with Gasteiger partial charge in [0.1, 0.15) is 5.82 Å². The predicted molar refractivity (Wildman–Crippen MR) is 95.2 cm³/mol. The van der Waals surface area contributed by atoms with E-state index in [0.29, 0.717) is 26.0 Å². The Morgan fingerprint density at radius 3 is 2.29 bits per heavy atom. The Labute approximate surface area is 160 Å². The molecule has 1 unspecified atom stereocenters. The van der Waals surface area contributed by atoms with Gasteiger partial charge in [-0.1, -0.05) is 30.3 Å². The normalized spacial score (nSPS) is 28.4. The van der Waals surface area contributed by atoms with Crippen molar-refractivity contribution in [2.45, 2.75) is 36.8 Å². The molecule has 2 heterocycles. The van der Waals surface area contributed by atoms with E-state index in [1.54, 1.807) is 18.2 Å². The molecule has 2 aliphatic heterocycles. The maximum Gasteiger partial charge on any atom is 0.416 e. The maximum absolute atomic E-state index is 13.3. The fraction of sp³-hybridized carbons (Fsp3) is 0.429. The zero-order valence-corrected chi connectivity index (χ0v) is 15.1. The second kappa shape index (κ2) is 7.46. The summed E-state index contributed by atoms with van der Waals surface area (Å²) in [6.45, 7) is 0.966. The van der Waals surface area contributed by atoms with Gasteiger partial charge in [-0.15, -0.1) is 0 Å². The first-order valence-electron chi connectivity index (χ1n) is 9.29. The van der Waals surface area contributed by atoms with E-state index >= 15 is 0 Å². The van der Waals surface area contributed by atoms with Gasteiger partial charge in [0.05, 0.1) is 31.4 Å². The highest BCUT2D eigenvalue weighted by atomic mass is 19.4. The van der Waals surface area contributed by atoms with Crippen molar-refractivity contribution in [2.75, 3.05) is 19.8 Å². The SMILES string of the molecule is Fc1ccc([C@H]2COC3(CC[C@@H](c4ccccc4C(F)(F)F)CO3)CN2)cc1. The topological polar surface area (TPSA) is 30.5 Å². The summed E-state index contributed by atoms with van der Waals surface area (Å²) in [5.41, 5.74) is 0.598. The molecule has 0 radical (unpaired) electrons. The van der Waals surface area contributed by atoms with Gasteiger partial charge in [-0.3, -0.25) is 0 Å². The van der Waals surface area contributed by atoms with Crippen LogP contribution in [0.2, 0.25) is 0 Å². The average molecular weight is 395 g/mol. The number of hydrogen-bond acceptors (Lipinski definition) is 3. The van der Waals surface area contributed by atoms with Crippen molar-refractivity contribution in [3.8, 4) is 0 Å². The molecule has 2 saturated heterocycles. The quantitative estimate of drug-likeness (QED) is 0.742. The number of nitrogens with one attached hydrogen (secondary N) is 1. The fourth-order valence-corrected chi connectivity index (χ4v) is 3.94. The maximum atomic E-state index is 13.3. The fourth-order valence-electron chi connectivity index (χ4n) is 3.94. The van der Waals surface area contributed by atoms with E-state index in [2.05, 4.69) is 5.32 Å². The van der Waals surface area contributed by atoms with Crippen LogP contribution in [0.15, 0.2) is 48.5 Å². The van der Waals surface area contributed by atoms with Crippen molar-refractivity contribution < 1.29 is 27.0 Å². The van der Waals surface area contributed by atoms with Crippen LogP contribution in [0.4, 0.5) is 17.6 Å². The summed E-state index contributed by atoms with van der Waals surface area (Å²) in [7, 11) is 0. The molecule has 0 aliphatic carbocycles. The first-order valence-corrected chi connectivity index (χ1v) is 9.29. The lowest BCUT2D eigenvalue weighted by atomic mass is 9.86. The first-order chi connectivity index (χ1) is 13.4. The third kappa shape index (κ3) is 3.92. The molecule has 2 aromatic rings. The Morgan fingerprint density at radius 2 is 1.68 bits per heavy atom. The molecule has 1 N–H and O–H groups in total. The molecule has 3 atom stereocenters. The molecule has 2 fully saturated rings. The lowest BCUT2D eigenvalue weighted by molar-refractivity contribution is -0.273. The Morgan fingerprint density at radius 1 is 0.964 bits per heavy atom. The van der Waals surface area contributed by atoms with Crippen LogP contribution >= 0.6 is 0 Å². The summed E-state index contributed by atoms with van der Waals surface area (Å²) in [6.07, 6.45) is -3.32. The lowest BCUT2D eigenvalue weighted by Crippen LogP contribution is -2.55. The summed E-state index contributed by atoms with van der Waals surface area (Å²) < 4.78 is 64.8. The number of hydrogen-bond donors (Lipinski definition) is 1. The van der Waals surface area contributed by atoms with Crippen molar-refractivity contribution in [1.29, 1.82) is 0 Å². The summed E-state index contributed by atoms with van der Waals surface area (Å²) in [5, 5.41) is 3.35. The van der Waals surface area contributed by atoms with Crippen molar-refractivity contribution >= 4 is 0 Å². The van der Waals surface area contributed by atoms with Gasteiger partial charge in [0.25, 0.3) is 0 Å². The molecule has 2 aromatic carbocycles. The highest BCUT2D eigenvalue weighted by molar-refractivity contribution is 5.33. The van der Waals surface area contributed by atoms with Gasteiger partial charge >= 0.3 is 6.18 Å². The van der Waals surface area contributed by atoms with E-state index in [1.807, 2.05) is 0 Å². The molecule has 0 aromatic heterocycles. The Kier molecular flexibility index (Phi) is 5.16. The number of benzene rings is 2. The zero-order chi connectivity index (χ0) is 19.8. The minimum atomic E-state index is -4.38. The van der Waals surface area contributed by atoms with Gasteiger partial charge in [-0.2, -0.15) is 13.2 Å². The molecule has 7 heteroatoms. The Hall–Kier alpha value is -1.96. The van der Waals surface area contributed by atoms with Crippen molar-refractivity contribution in [1.82, 2.24) is 5.32 Å². The van der Waals surface area contributed by atoms with Crippen molar-refractivity contribution in [2.24, 2.45) is 0 Å². The summed E-state index contributed by atoms with van der Waals surface area (Å²) in [6, 6.07) is 11.8. The minimum Gasteiger partial charge on any atom is -0.348 e. The van der Waals surface area contributed by atoms with Crippen LogP contribution in [-0.2, 0) is 15.7 Å². The number of ether oxygens (including phenoxy) is 2. The minimum absolute atomic E-state index is 0.0708. The summed E-state index contributed by atoms with van der Waals surface area (Å²) >= 11 is 0. The van der Waals surface area contributed by atoms with E-state index in [0.717, 1.165) is 11.6 Å². The van der Waals surface area contributed by atoms with Gasteiger partial charge in [0.15, 0.2) is 5.79 Å². The molecule has 1 spiro atoms. The lowest BCUT2D eigenvalue weighted by Gasteiger charge is -2.45. The first kappa shape index (κ1) is 19.4. The summed E-state index contributed by atoms with van der Waals surface area (Å²) in [4.78, 5) is 0. The van der Waals surface area contributed by atoms with Gasteiger partial charge in [0.2, 0.25) is 0 Å². The van der Waals surface area contributed by atoms with Crippen LogP contribution in [0.5, 0.6) is 0 Å². The van der Waals surface area contributed by atoms with Gasteiger partial charge < -0.3 is 14.8 Å². The van der Waals surface area contributed by atoms with E-state index in [9.17, 15) is 17.6 Å². The highest BCUT2D eigenvalue weighted by Crippen LogP contribution is 2.41. The zero-order valence-electron chi connectivity index (χ0n) is 15.1. The third-order valence-electron chi connectivity index (χ3n) is 5.53. The van der Waals surface area contributed by atoms with Gasteiger partial charge in [0, 0.05) is 12.3 Å². The highest BCUT2D eigenvalue weighted by Gasteiger charge is 2.43. The molecule has 28 heavy (non-hydrogen) atoms. The Bertz CT molecular complexity index is 804. The standard InChI is InChI=1S/C21H21F4NO2/c22-16-7-5-14(6-8-16)19-12-28-20(13-26-19)10-9-15(11-27-20)17-3-1-2-4-18(17)21(23,24)25/h1-8,15,19,26H,9-13H2/t15-,19-,20?/m1/s1. The average Bonchev–Trinajstić information content (AvgIpc) is 2.69. The molecule has 0 saturated carbocycles. The number of halogens is 4. The number of morpholine rings is 1. The number of rotatable bonds is 2. The van der Waals surface area contributed by atoms with Crippen molar-refractivity contribution in [3.63, 3.8) is 0 Å². The van der Waals surface area contributed by atoms with Gasteiger partial charge in [-0.25, -0.2) is 4.39 Å². The van der Waals surface area contributed by atoms with Gasteiger partial charge in [-0.05, 0) is 35.7 Å². The van der Waals surface area contributed by atoms with E-state index in [1.165, 1.54) is 24.3 Å². The van der Waals surface area contributed by atoms with Crippen LogP contribution in [0.1, 0.15) is 41.5 Å². The molecule has 150 valence electrons. The van der Waals surface area contributed by atoms with Crippen LogP contribution < -0.4 is 5.32 Å². The third-order valence-corrected chi connectivity index (χ3v) is 5.53. The molecular formula is C21H21F4NO2. The molecule has 0 amide bonds. The Balaban J connectivity index is 1.39. The van der Waals surface area contributed by atoms with E-state index < -0.39 is 17.5 Å². The molecule has 2 aliphatic rings. The molecular weight excluding hydrogens is 374 g/mol. The predicted octanol–water partition coefficient (Wildman–Crippen LogP) is 4.80. The van der Waals surface area contributed by atoms with Crippen molar-refractivity contribution in [3.05, 3.63) is 71.0 Å². The van der Waals surface area contributed by atoms with Crippen LogP contribution in [0, 0.1) is 5.82 Å². The second-order valence-electron chi connectivity index (χ2n) is 7.34. The summed E-state index contributed by atoms with van der Waals surface area (Å²) in [5.74, 6) is -1.43. The van der Waals surface area contributed by atoms with E-state index in [4.69, 9.17) is 9.47 Å². The molecule has 0 bridgehead atoms. The van der Waals surface area contributed by atoms with E-state index in [-0.39, 0.29) is 29.9 Å². The smallest absolute Gasteiger partial charge is 0.348 e. The molecule has 3 nitrogen and oxygen atoms in total. The second-order valence-corrected chi connectivity index (χ2v) is 7.34. The van der Waals surface area contributed by atoms with Crippen LogP contribution in [-0.4, -0.2) is 25.5 Å². The largest absolute Gasteiger partial charge is 0.416 e. The van der Waals surface area contributed by atoms with Crippen LogP contribution in [0.3, 0.4) is 0 Å². The van der Waals surface area contributed by atoms with Crippen LogP contribution in [0.25, 0.3) is 0 Å².